The molecule has 3 rings (SSSR count). The number of benzene rings is 2. The molecule has 1 heterocycles. The maximum absolute atomic E-state index is 5.41. The van der Waals surface area contributed by atoms with Crippen LogP contribution in [0.25, 0.3) is 11.3 Å². The van der Waals surface area contributed by atoms with Crippen LogP contribution in [0.5, 0.6) is 5.75 Å². The van der Waals surface area contributed by atoms with Crippen LogP contribution in [-0.4, -0.2) is 12.1 Å². The first kappa shape index (κ1) is 14.3. The summed E-state index contributed by atoms with van der Waals surface area (Å²) < 4.78 is 5.41. The minimum Gasteiger partial charge on any atom is -0.497 e. The van der Waals surface area contributed by atoms with Gasteiger partial charge >= 0.3 is 0 Å². The highest BCUT2D eigenvalue weighted by atomic mass is 16.5. The monoisotopic (exact) mass is 289 g/mol. The van der Waals surface area contributed by atoms with Crippen molar-refractivity contribution in [3.63, 3.8) is 0 Å². The van der Waals surface area contributed by atoms with Gasteiger partial charge in [-0.2, -0.15) is 0 Å². The highest BCUT2D eigenvalue weighted by Crippen LogP contribution is 2.34. The molecule has 0 saturated carbocycles. The number of pyridine rings is 1. The molecule has 2 nitrogen and oxygen atoms in total. The fraction of sp³-hybridized carbons (Fsp3) is 0.150. The summed E-state index contributed by atoms with van der Waals surface area (Å²) in [5.41, 5.74) is 4.65. The lowest BCUT2D eigenvalue weighted by molar-refractivity contribution is 0.414. The molecule has 3 aromatic rings. The summed E-state index contributed by atoms with van der Waals surface area (Å²) in [4.78, 5) is 4.50. The highest BCUT2D eigenvalue weighted by molar-refractivity contribution is 5.66. The zero-order valence-electron chi connectivity index (χ0n) is 12.9. The summed E-state index contributed by atoms with van der Waals surface area (Å²) in [6.45, 7) is 2.22. The van der Waals surface area contributed by atoms with Crippen LogP contribution in [0.2, 0.25) is 0 Å². The molecule has 1 atom stereocenters. The molecule has 0 N–H and O–H groups in total. The lowest BCUT2D eigenvalue weighted by Gasteiger charge is -2.18. The van der Waals surface area contributed by atoms with Gasteiger partial charge in [-0.3, -0.25) is 4.98 Å². The Bertz CT molecular complexity index is 738. The molecule has 110 valence electrons. The molecule has 22 heavy (non-hydrogen) atoms. The van der Waals surface area contributed by atoms with Gasteiger partial charge < -0.3 is 4.74 Å². The van der Waals surface area contributed by atoms with E-state index in [1.807, 2.05) is 36.5 Å². The van der Waals surface area contributed by atoms with Crippen LogP contribution in [0.1, 0.15) is 24.0 Å². The number of hydrogen-bond acceptors (Lipinski definition) is 2. The molecule has 0 radical (unpaired) electrons. The van der Waals surface area contributed by atoms with Gasteiger partial charge in [0.25, 0.3) is 0 Å². The highest BCUT2D eigenvalue weighted by Gasteiger charge is 2.15. The predicted octanol–water partition coefficient (Wildman–Crippen LogP) is 4.91. The van der Waals surface area contributed by atoms with Gasteiger partial charge in [0.1, 0.15) is 5.75 Å². The molecule has 0 saturated heterocycles. The molecular weight excluding hydrogens is 270 g/mol. The van der Waals surface area contributed by atoms with Crippen molar-refractivity contribution < 1.29 is 4.74 Å². The van der Waals surface area contributed by atoms with Gasteiger partial charge in [0.05, 0.1) is 12.8 Å². The SMILES string of the molecule is COc1ccc(-c2ccccn2)c(C(C)c2ccccc2)c1. The summed E-state index contributed by atoms with van der Waals surface area (Å²) in [5.74, 6) is 1.14. The van der Waals surface area contributed by atoms with Gasteiger partial charge in [-0.15, -0.1) is 0 Å². The Hall–Kier alpha value is -2.61. The maximum atomic E-state index is 5.41. The van der Waals surface area contributed by atoms with Crippen LogP contribution in [0.4, 0.5) is 0 Å². The zero-order valence-corrected chi connectivity index (χ0v) is 12.9. The van der Waals surface area contributed by atoms with Crippen LogP contribution in [-0.2, 0) is 0 Å². The van der Waals surface area contributed by atoms with Crippen molar-refractivity contribution in [3.8, 4) is 17.0 Å². The fourth-order valence-electron chi connectivity index (χ4n) is 2.70. The number of hydrogen-bond donors (Lipinski definition) is 0. The van der Waals surface area contributed by atoms with Gasteiger partial charge in [-0.1, -0.05) is 43.3 Å². The Balaban J connectivity index is 2.12. The van der Waals surface area contributed by atoms with Crippen molar-refractivity contribution >= 4 is 0 Å². The first-order chi connectivity index (χ1) is 10.8. The molecule has 0 spiro atoms. The third kappa shape index (κ3) is 2.86. The summed E-state index contributed by atoms with van der Waals surface area (Å²) in [7, 11) is 1.70. The second-order valence-electron chi connectivity index (χ2n) is 5.30. The Morgan fingerprint density at radius 2 is 1.68 bits per heavy atom. The van der Waals surface area contributed by atoms with E-state index in [0.29, 0.717) is 0 Å². The summed E-state index contributed by atoms with van der Waals surface area (Å²) in [5, 5.41) is 0. The number of nitrogens with zero attached hydrogens (tertiary/aromatic N) is 1. The topological polar surface area (TPSA) is 22.1 Å². The second-order valence-corrected chi connectivity index (χ2v) is 5.30. The van der Waals surface area contributed by atoms with Gasteiger partial charge in [0.15, 0.2) is 0 Å². The van der Waals surface area contributed by atoms with Crippen molar-refractivity contribution in [1.29, 1.82) is 0 Å². The lowest BCUT2D eigenvalue weighted by Crippen LogP contribution is -2.00. The summed E-state index contributed by atoms with van der Waals surface area (Å²) >= 11 is 0. The van der Waals surface area contributed by atoms with Crippen LogP contribution >= 0.6 is 0 Å². The third-order valence-corrected chi connectivity index (χ3v) is 3.97. The van der Waals surface area contributed by atoms with E-state index < -0.39 is 0 Å². The molecule has 1 unspecified atom stereocenters. The van der Waals surface area contributed by atoms with Crippen molar-refractivity contribution in [2.45, 2.75) is 12.8 Å². The standard InChI is InChI=1S/C20H19NO/c1-15(16-8-4-3-5-9-16)19-14-17(22-2)11-12-18(19)20-10-6-7-13-21-20/h3-15H,1-2H3. The van der Waals surface area contributed by atoms with E-state index >= 15 is 0 Å². The average molecular weight is 289 g/mol. The lowest BCUT2D eigenvalue weighted by atomic mass is 9.88. The van der Waals surface area contributed by atoms with Crippen LogP contribution in [0, 0.1) is 0 Å². The van der Waals surface area contributed by atoms with Crippen molar-refractivity contribution in [2.24, 2.45) is 0 Å². The largest absolute Gasteiger partial charge is 0.497 e. The third-order valence-electron chi connectivity index (χ3n) is 3.97. The Kier molecular flexibility index (Phi) is 4.19. The Morgan fingerprint density at radius 1 is 0.909 bits per heavy atom. The summed E-state index contributed by atoms with van der Waals surface area (Å²) in [6, 6.07) is 22.7. The zero-order chi connectivity index (χ0) is 15.4. The fourth-order valence-corrected chi connectivity index (χ4v) is 2.70. The van der Waals surface area contributed by atoms with E-state index in [-0.39, 0.29) is 5.92 Å². The predicted molar refractivity (Wildman–Crippen MR) is 90.2 cm³/mol. The normalized spacial score (nSPS) is 11.9. The number of ether oxygens (including phenoxy) is 1. The minimum atomic E-state index is 0.272. The molecule has 0 fully saturated rings. The second kappa shape index (κ2) is 6.44. The van der Waals surface area contributed by atoms with Gasteiger partial charge in [0, 0.05) is 17.7 Å². The molecular formula is C20H19NO. The van der Waals surface area contributed by atoms with Crippen molar-refractivity contribution in [2.75, 3.05) is 7.11 Å². The van der Waals surface area contributed by atoms with Gasteiger partial charge in [-0.05, 0) is 41.5 Å². The van der Waals surface area contributed by atoms with Crippen molar-refractivity contribution in [3.05, 3.63) is 84.1 Å². The van der Waals surface area contributed by atoms with E-state index in [1.54, 1.807) is 7.11 Å². The maximum Gasteiger partial charge on any atom is 0.119 e. The minimum absolute atomic E-state index is 0.272. The number of methoxy groups -OCH3 is 1. The molecule has 0 bridgehead atoms. The molecule has 0 aliphatic rings. The molecule has 2 aromatic carbocycles. The van der Waals surface area contributed by atoms with Crippen LogP contribution < -0.4 is 4.74 Å². The molecule has 0 aliphatic heterocycles. The van der Waals surface area contributed by atoms with Gasteiger partial charge in [0.2, 0.25) is 0 Å². The van der Waals surface area contributed by atoms with E-state index in [2.05, 4.69) is 48.3 Å². The molecule has 0 amide bonds. The number of aromatic nitrogens is 1. The van der Waals surface area contributed by atoms with Gasteiger partial charge in [-0.25, -0.2) is 0 Å². The first-order valence-electron chi connectivity index (χ1n) is 7.44. The van der Waals surface area contributed by atoms with E-state index in [9.17, 15) is 0 Å². The number of rotatable bonds is 4. The molecule has 0 aliphatic carbocycles. The van der Waals surface area contributed by atoms with Crippen LogP contribution in [0.3, 0.4) is 0 Å². The van der Waals surface area contributed by atoms with Crippen LogP contribution in [0.15, 0.2) is 72.9 Å². The quantitative estimate of drug-likeness (QED) is 0.681. The molecule has 2 heteroatoms. The first-order valence-corrected chi connectivity index (χ1v) is 7.44. The Morgan fingerprint density at radius 3 is 2.36 bits per heavy atom. The average Bonchev–Trinajstić information content (AvgIpc) is 2.62. The van der Waals surface area contributed by atoms with E-state index in [1.165, 1.54) is 11.1 Å². The summed E-state index contributed by atoms with van der Waals surface area (Å²) in [6.07, 6.45) is 1.83. The van der Waals surface area contributed by atoms with Crippen molar-refractivity contribution in [1.82, 2.24) is 4.98 Å². The molecule has 1 aromatic heterocycles. The van der Waals surface area contributed by atoms with E-state index in [0.717, 1.165) is 17.0 Å². The Labute approximate surface area is 131 Å². The smallest absolute Gasteiger partial charge is 0.119 e. The van der Waals surface area contributed by atoms with E-state index in [4.69, 9.17) is 4.74 Å².